The Morgan fingerprint density at radius 3 is 2.17 bits per heavy atom. The van der Waals surface area contributed by atoms with E-state index in [4.69, 9.17) is 0 Å². The fourth-order valence-electron chi connectivity index (χ4n) is 3.86. The van der Waals surface area contributed by atoms with Crippen LogP contribution in [0.15, 0.2) is 0 Å². The van der Waals surface area contributed by atoms with Crippen LogP contribution >= 0.6 is 0 Å². The maximum Gasteiger partial charge on any atom is 0.00671 e. The molecule has 18 heavy (non-hydrogen) atoms. The lowest BCUT2D eigenvalue weighted by Crippen LogP contribution is -2.35. The molecule has 2 aliphatic carbocycles. The van der Waals surface area contributed by atoms with E-state index in [2.05, 4.69) is 12.2 Å². The Balaban J connectivity index is 1.55. The van der Waals surface area contributed by atoms with Crippen LogP contribution in [0.5, 0.6) is 0 Å². The van der Waals surface area contributed by atoms with E-state index in [9.17, 15) is 0 Å². The molecule has 0 amide bonds. The largest absolute Gasteiger partial charge is 0.314 e. The number of hydrogen-bond acceptors (Lipinski definition) is 1. The Morgan fingerprint density at radius 1 is 0.833 bits per heavy atom. The Kier molecular flexibility index (Phi) is 6.54. The highest BCUT2D eigenvalue weighted by Crippen LogP contribution is 2.31. The summed E-state index contributed by atoms with van der Waals surface area (Å²) in [6, 6.07) is 0.858. The molecule has 0 aromatic rings. The quantitative estimate of drug-likeness (QED) is 0.707. The van der Waals surface area contributed by atoms with Gasteiger partial charge in [0.15, 0.2) is 0 Å². The lowest BCUT2D eigenvalue weighted by atomic mass is 9.79. The molecule has 0 radical (unpaired) electrons. The van der Waals surface area contributed by atoms with E-state index in [0.29, 0.717) is 0 Å². The molecular weight excluding hydrogens is 218 g/mol. The number of nitrogens with one attached hydrogen (secondary N) is 1. The molecule has 0 aromatic heterocycles. The number of rotatable bonds is 6. The molecule has 0 aromatic carbocycles. The van der Waals surface area contributed by atoms with E-state index in [1.165, 1.54) is 83.6 Å². The van der Waals surface area contributed by atoms with Crippen molar-refractivity contribution in [2.75, 3.05) is 6.54 Å². The van der Waals surface area contributed by atoms with Gasteiger partial charge in [0.05, 0.1) is 0 Å². The van der Waals surface area contributed by atoms with Gasteiger partial charge < -0.3 is 5.32 Å². The third-order valence-electron chi connectivity index (χ3n) is 5.23. The van der Waals surface area contributed by atoms with Crippen molar-refractivity contribution in [3.63, 3.8) is 0 Å². The molecule has 2 saturated carbocycles. The van der Waals surface area contributed by atoms with Crippen LogP contribution < -0.4 is 5.32 Å². The third-order valence-corrected chi connectivity index (χ3v) is 5.23. The van der Waals surface area contributed by atoms with Crippen LogP contribution in [0, 0.1) is 11.8 Å². The molecule has 0 bridgehead atoms. The fourth-order valence-corrected chi connectivity index (χ4v) is 3.86. The maximum atomic E-state index is 3.85. The minimum absolute atomic E-state index is 0.858. The molecule has 106 valence electrons. The summed E-state index contributed by atoms with van der Waals surface area (Å²) in [5.74, 6) is 2.06. The molecule has 1 heteroatoms. The van der Waals surface area contributed by atoms with Gasteiger partial charge in [-0.15, -0.1) is 0 Å². The van der Waals surface area contributed by atoms with Crippen molar-refractivity contribution in [2.24, 2.45) is 11.8 Å². The summed E-state index contributed by atoms with van der Waals surface area (Å²) in [7, 11) is 0. The first-order chi connectivity index (χ1) is 8.88. The lowest BCUT2D eigenvalue weighted by Gasteiger charge is -2.31. The first-order valence-electron chi connectivity index (χ1n) is 8.62. The van der Waals surface area contributed by atoms with E-state index in [0.717, 1.165) is 17.9 Å². The van der Waals surface area contributed by atoms with Gasteiger partial charge >= 0.3 is 0 Å². The van der Waals surface area contributed by atoms with E-state index < -0.39 is 0 Å². The topological polar surface area (TPSA) is 12.0 Å². The molecule has 0 unspecified atom stereocenters. The summed E-state index contributed by atoms with van der Waals surface area (Å²) < 4.78 is 0. The first kappa shape index (κ1) is 14.4. The van der Waals surface area contributed by atoms with Crippen LogP contribution in [0.4, 0.5) is 0 Å². The highest BCUT2D eigenvalue weighted by atomic mass is 14.9. The van der Waals surface area contributed by atoms with E-state index >= 15 is 0 Å². The molecule has 1 N–H and O–H groups in total. The summed E-state index contributed by atoms with van der Waals surface area (Å²) in [6.45, 7) is 3.63. The fraction of sp³-hybridized carbons (Fsp3) is 1.00. The van der Waals surface area contributed by atoms with Crippen molar-refractivity contribution in [3.8, 4) is 0 Å². The SMILES string of the molecule is CCCCC1CCC(CNC2CCCCC2)CC1. The minimum atomic E-state index is 0.858. The minimum Gasteiger partial charge on any atom is -0.314 e. The van der Waals surface area contributed by atoms with Gasteiger partial charge in [0.2, 0.25) is 0 Å². The van der Waals surface area contributed by atoms with Gasteiger partial charge in [-0.2, -0.15) is 0 Å². The maximum absolute atomic E-state index is 3.85. The number of hydrogen-bond donors (Lipinski definition) is 1. The van der Waals surface area contributed by atoms with E-state index in [1.54, 1.807) is 0 Å². The standard InChI is InChI=1S/C17H33N/c1-2-3-7-15-10-12-16(13-11-15)14-18-17-8-5-4-6-9-17/h15-18H,2-14H2,1H3. The highest BCUT2D eigenvalue weighted by Gasteiger charge is 2.21. The Labute approximate surface area is 114 Å². The molecule has 2 rings (SSSR count). The van der Waals surface area contributed by atoms with Crippen LogP contribution in [0.25, 0.3) is 0 Å². The zero-order valence-electron chi connectivity index (χ0n) is 12.4. The lowest BCUT2D eigenvalue weighted by molar-refractivity contribution is 0.241. The van der Waals surface area contributed by atoms with Gasteiger partial charge in [-0.3, -0.25) is 0 Å². The van der Waals surface area contributed by atoms with Crippen LogP contribution in [0.3, 0.4) is 0 Å². The van der Waals surface area contributed by atoms with Crippen LogP contribution in [0.1, 0.15) is 84.0 Å². The van der Waals surface area contributed by atoms with Crippen molar-refractivity contribution < 1.29 is 0 Å². The molecule has 0 atom stereocenters. The summed E-state index contributed by atoms with van der Waals surface area (Å²) in [6.07, 6.45) is 17.6. The molecule has 2 fully saturated rings. The van der Waals surface area contributed by atoms with Gasteiger partial charge in [-0.05, 0) is 44.1 Å². The summed E-state index contributed by atoms with van der Waals surface area (Å²) in [5.41, 5.74) is 0. The Morgan fingerprint density at radius 2 is 1.50 bits per heavy atom. The van der Waals surface area contributed by atoms with E-state index in [-0.39, 0.29) is 0 Å². The van der Waals surface area contributed by atoms with Crippen molar-refractivity contribution in [1.29, 1.82) is 0 Å². The second-order valence-electron chi connectivity index (χ2n) is 6.77. The predicted octanol–water partition coefficient (Wildman–Crippen LogP) is 4.91. The van der Waals surface area contributed by atoms with Crippen molar-refractivity contribution in [1.82, 2.24) is 5.32 Å². The second-order valence-corrected chi connectivity index (χ2v) is 6.77. The molecular formula is C17H33N. The average Bonchev–Trinajstić information content (AvgIpc) is 2.45. The zero-order chi connectivity index (χ0) is 12.6. The van der Waals surface area contributed by atoms with E-state index in [1.807, 2.05) is 0 Å². The monoisotopic (exact) mass is 251 g/mol. The van der Waals surface area contributed by atoms with Gasteiger partial charge in [0.1, 0.15) is 0 Å². The number of unbranched alkanes of at least 4 members (excludes halogenated alkanes) is 1. The smallest absolute Gasteiger partial charge is 0.00671 e. The highest BCUT2D eigenvalue weighted by molar-refractivity contribution is 4.77. The van der Waals surface area contributed by atoms with Crippen LogP contribution in [-0.2, 0) is 0 Å². The Bertz CT molecular complexity index is 200. The summed E-state index contributed by atoms with van der Waals surface area (Å²) in [4.78, 5) is 0. The molecule has 2 aliphatic rings. The molecule has 0 aliphatic heterocycles. The third kappa shape index (κ3) is 4.91. The zero-order valence-corrected chi connectivity index (χ0v) is 12.4. The average molecular weight is 251 g/mol. The molecule has 1 nitrogen and oxygen atoms in total. The summed E-state index contributed by atoms with van der Waals surface area (Å²) >= 11 is 0. The van der Waals surface area contributed by atoms with Gasteiger partial charge in [-0.1, -0.05) is 58.3 Å². The predicted molar refractivity (Wildman–Crippen MR) is 79.8 cm³/mol. The van der Waals surface area contributed by atoms with Crippen LogP contribution in [-0.4, -0.2) is 12.6 Å². The molecule has 0 saturated heterocycles. The molecule has 0 heterocycles. The normalized spacial score (nSPS) is 30.5. The Hall–Kier alpha value is -0.0400. The second kappa shape index (κ2) is 8.19. The van der Waals surface area contributed by atoms with Gasteiger partial charge in [0, 0.05) is 6.04 Å². The first-order valence-corrected chi connectivity index (χ1v) is 8.62. The van der Waals surface area contributed by atoms with Gasteiger partial charge in [-0.25, -0.2) is 0 Å². The molecule has 0 spiro atoms. The van der Waals surface area contributed by atoms with Crippen molar-refractivity contribution >= 4 is 0 Å². The summed E-state index contributed by atoms with van der Waals surface area (Å²) in [5, 5.41) is 3.85. The van der Waals surface area contributed by atoms with Crippen molar-refractivity contribution in [2.45, 2.75) is 90.0 Å². The van der Waals surface area contributed by atoms with Crippen LogP contribution in [0.2, 0.25) is 0 Å². The van der Waals surface area contributed by atoms with Crippen molar-refractivity contribution in [3.05, 3.63) is 0 Å². The van der Waals surface area contributed by atoms with Gasteiger partial charge in [0.25, 0.3) is 0 Å².